The molecule has 1 saturated heterocycles. The Hall–Kier alpha value is -1.23. The summed E-state index contributed by atoms with van der Waals surface area (Å²) in [6.07, 6.45) is 6.70. The molecule has 0 aromatic carbocycles. The average Bonchev–Trinajstić information content (AvgIpc) is 3.34. The van der Waals surface area contributed by atoms with Gasteiger partial charge in [-0.3, -0.25) is 28.2 Å². The molecule has 0 spiro atoms. The van der Waals surface area contributed by atoms with Gasteiger partial charge in [-0.15, -0.1) is 0 Å². The fraction of sp³-hybridized carbons (Fsp3) is 0.833. The SMILES string of the molecule is CCCCCCCCCCCCSSCOCC(CC)(COP(=O)(O)OC1[C@@H](CO)O[C@@H](n2ccc(=O)[nH]c2=O)[C@H]1F)C(=O)OCC. The summed E-state index contributed by atoms with van der Waals surface area (Å²) in [7, 11) is -1.87. The van der Waals surface area contributed by atoms with Gasteiger partial charge < -0.3 is 24.2 Å². The van der Waals surface area contributed by atoms with Gasteiger partial charge in [0.05, 0.1) is 26.4 Å². The number of esters is 1. The lowest BCUT2D eigenvalue weighted by atomic mass is 9.87. The van der Waals surface area contributed by atoms with Crippen molar-refractivity contribution in [2.24, 2.45) is 5.41 Å². The van der Waals surface area contributed by atoms with Crippen LogP contribution in [-0.4, -0.2) is 82.0 Å². The van der Waals surface area contributed by atoms with Gasteiger partial charge in [-0.25, -0.2) is 13.8 Å². The standard InChI is InChI=1S/C30H52FN2O11PS2/c1-4-7-8-9-10-11-12-13-14-15-18-46-47-22-40-20-30(5-2,28(36)41-6-3)21-42-45(38,39)44-26-23(19-34)43-27(25(26)31)33-17-16-24(35)32-29(33)37/h16-17,23,25-27,34H,4-15,18-22H2,1-3H3,(H,38,39)(H,32,35,37)/t23-,25+,26?,27-,30?/m1/s1. The number of ether oxygens (including phenoxy) is 3. The Labute approximate surface area is 284 Å². The molecule has 3 unspecified atom stereocenters. The van der Waals surface area contributed by atoms with Crippen molar-refractivity contribution in [1.29, 1.82) is 0 Å². The van der Waals surface area contributed by atoms with Crippen molar-refractivity contribution >= 4 is 35.4 Å². The minimum atomic E-state index is -5.06. The molecule has 1 aromatic rings. The molecule has 1 aromatic heterocycles. The Balaban J connectivity index is 1.85. The van der Waals surface area contributed by atoms with Crippen LogP contribution in [0.15, 0.2) is 21.9 Å². The van der Waals surface area contributed by atoms with E-state index in [0.29, 0.717) is 0 Å². The fourth-order valence-electron chi connectivity index (χ4n) is 5.01. The van der Waals surface area contributed by atoms with Crippen LogP contribution < -0.4 is 11.2 Å². The summed E-state index contributed by atoms with van der Waals surface area (Å²) >= 11 is 0. The lowest BCUT2D eigenvalue weighted by Gasteiger charge is -2.30. The molecule has 13 nitrogen and oxygen atoms in total. The smallest absolute Gasteiger partial charge is 0.465 e. The highest BCUT2D eigenvalue weighted by Crippen LogP contribution is 2.50. The number of hydrogen-bond acceptors (Lipinski definition) is 12. The van der Waals surface area contributed by atoms with Gasteiger partial charge in [0, 0.05) is 18.0 Å². The molecule has 17 heteroatoms. The number of hydrogen-bond donors (Lipinski definition) is 3. The van der Waals surface area contributed by atoms with Gasteiger partial charge in [0.15, 0.2) is 12.4 Å². The van der Waals surface area contributed by atoms with Gasteiger partial charge in [0.25, 0.3) is 5.56 Å². The molecule has 0 bridgehead atoms. The summed E-state index contributed by atoms with van der Waals surface area (Å²) in [6.45, 7) is 3.97. The van der Waals surface area contributed by atoms with Gasteiger partial charge in [0.1, 0.15) is 23.6 Å². The van der Waals surface area contributed by atoms with E-state index in [4.69, 9.17) is 23.3 Å². The van der Waals surface area contributed by atoms with E-state index in [-0.39, 0.29) is 25.6 Å². The summed E-state index contributed by atoms with van der Waals surface area (Å²) in [5, 5.41) is 9.71. The molecular formula is C30H52FN2O11PS2. The largest absolute Gasteiger partial charge is 0.472 e. The maximum absolute atomic E-state index is 15.4. The number of carbonyl (C=O) groups excluding carboxylic acids is 1. The Morgan fingerprint density at radius 1 is 1.06 bits per heavy atom. The Bertz CT molecular complexity index is 1210. The number of aromatic nitrogens is 2. The maximum atomic E-state index is 15.4. The molecule has 6 atom stereocenters. The molecule has 0 amide bonds. The minimum absolute atomic E-state index is 0.0595. The molecule has 2 rings (SSSR count). The first-order valence-electron chi connectivity index (χ1n) is 16.4. The minimum Gasteiger partial charge on any atom is -0.465 e. The van der Waals surface area contributed by atoms with Gasteiger partial charge in [-0.2, -0.15) is 0 Å². The van der Waals surface area contributed by atoms with E-state index in [1.54, 1.807) is 24.6 Å². The quantitative estimate of drug-likeness (QED) is 0.0359. The zero-order valence-corrected chi connectivity index (χ0v) is 30.2. The van der Waals surface area contributed by atoms with Crippen LogP contribution in [0.5, 0.6) is 0 Å². The first kappa shape index (κ1) is 41.9. The van der Waals surface area contributed by atoms with Crippen molar-refractivity contribution < 1.29 is 47.0 Å². The number of carbonyl (C=O) groups is 1. The highest BCUT2D eigenvalue weighted by Gasteiger charge is 2.51. The maximum Gasteiger partial charge on any atom is 0.472 e. The third-order valence-electron chi connectivity index (χ3n) is 7.89. The first-order chi connectivity index (χ1) is 22.5. The van der Waals surface area contributed by atoms with Crippen LogP contribution in [0.2, 0.25) is 0 Å². The third kappa shape index (κ3) is 14.3. The van der Waals surface area contributed by atoms with Crippen molar-refractivity contribution in [2.75, 3.05) is 38.1 Å². The van der Waals surface area contributed by atoms with E-state index in [1.807, 2.05) is 4.98 Å². The predicted octanol–water partition coefficient (Wildman–Crippen LogP) is 5.50. The highest BCUT2D eigenvalue weighted by atomic mass is 33.1. The summed E-state index contributed by atoms with van der Waals surface area (Å²) in [6, 6.07) is 0.970. The number of rotatable bonds is 26. The van der Waals surface area contributed by atoms with Crippen LogP contribution in [0.4, 0.5) is 4.39 Å². The predicted molar refractivity (Wildman–Crippen MR) is 180 cm³/mol. The average molecular weight is 731 g/mol. The number of unbranched alkanes of at least 4 members (excludes halogenated alkanes) is 9. The fourth-order valence-corrected chi connectivity index (χ4v) is 7.82. The van der Waals surface area contributed by atoms with Crippen LogP contribution in [0, 0.1) is 5.41 Å². The lowest BCUT2D eigenvalue weighted by molar-refractivity contribution is -0.162. The molecule has 3 N–H and O–H groups in total. The van der Waals surface area contributed by atoms with Crippen molar-refractivity contribution in [3.63, 3.8) is 0 Å². The molecule has 1 fully saturated rings. The second-order valence-corrected chi connectivity index (χ2v) is 15.4. The number of alkyl halides is 1. The van der Waals surface area contributed by atoms with Crippen molar-refractivity contribution in [3.05, 3.63) is 33.1 Å². The van der Waals surface area contributed by atoms with Crippen LogP contribution >= 0.6 is 29.4 Å². The first-order valence-corrected chi connectivity index (χ1v) is 20.4. The number of nitrogens with zero attached hydrogens (tertiary/aromatic N) is 1. The van der Waals surface area contributed by atoms with E-state index < -0.39 is 68.3 Å². The molecule has 2 heterocycles. The lowest BCUT2D eigenvalue weighted by Crippen LogP contribution is -2.41. The number of aliphatic hydroxyl groups is 1. The van der Waals surface area contributed by atoms with Crippen LogP contribution in [-0.2, 0) is 32.6 Å². The number of phosphoric acid groups is 1. The zero-order chi connectivity index (χ0) is 34.7. The van der Waals surface area contributed by atoms with Gasteiger partial charge in [-0.1, -0.05) is 93.2 Å². The second-order valence-electron chi connectivity index (χ2n) is 11.5. The number of nitrogens with one attached hydrogen (secondary N) is 1. The number of H-pyrrole nitrogens is 1. The molecule has 47 heavy (non-hydrogen) atoms. The molecule has 0 aliphatic carbocycles. The molecule has 0 radical (unpaired) electrons. The Kier molecular flexibility index (Phi) is 20.1. The number of aromatic amines is 1. The van der Waals surface area contributed by atoms with Gasteiger partial charge >= 0.3 is 19.5 Å². The summed E-state index contributed by atoms with van der Waals surface area (Å²) < 4.78 is 55.7. The van der Waals surface area contributed by atoms with Crippen molar-refractivity contribution in [1.82, 2.24) is 9.55 Å². The van der Waals surface area contributed by atoms with E-state index in [2.05, 4.69) is 6.92 Å². The van der Waals surface area contributed by atoms with Gasteiger partial charge in [0.2, 0.25) is 0 Å². The number of phosphoric ester groups is 1. The van der Waals surface area contributed by atoms with Crippen molar-refractivity contribution in [3.8, 4) is 0 Å². The van der Waals surface area contributed by atoms with E-state index in [9.17, 15) is 28.9 Å². The summed E-state index contributed by atoms with van der Waals surface area (Å²) in [5.41, 5.74) is -3.15. The van der Waals surface area contributed by atoms with Crippen LogP contribution in [0.1, 0.15) is 97.6 Å². The topological polar surface area (TPSA) is 176 Å². The van der Waals surface area contributed by atoms with Crippen LogP contribution in [0.3, 0.4) is 0 Å². The van der Waals surface area contributed by atoms with E-state index in [1.165, 1.54) is 68.6 Å². The number of halogens is 1. The summed E-state index contributed by atoms with van der Waals surface area (Å²) in [4.78, 5) is 49.0. The number of aliphatic hydroxyl groups excluding tert-OH is 1. The molecular weight excluding hydrogens is 678 g/mol. The molecule has 1 aliphatic heterocycles. The molecule has 1 aliphatic rings. The second kappa shape index (κ2) is 22.5. The third-order valence-corrected chi connectivity index (χ3v) is 11.0. The van der Waals surface area contributed by atoms with E-state index >= 15 is 4.39 Å². The Morgan fingerprint density at radius 2 is 1.72 bits per heavy atom. The normalized spacial score (nSPS) is 22.2. The monoisotopic (exact) mass is 730 g/mol. The van der Waals surface area contributed by atoms with E-state index in [0.717, 1.165) is 29.0 Å². The Morgan fingerprint density at radius 3 is 2.32 bits per heavy atom. The highest BCUT2D eigenvalue weighted by molar-refractivity contribution is 8.76. The van der Waals surface area contributed by atoms with Crippen LogP contribution in [0.25, 0.3) is 0 Å². The summed E-state index contributed by atoms with van der Waals surface area (Å²) in [5.74, 6) is 0.551. The molecule has 0 saturated carbocycles. The zero-order valence-electron chi connectivity index (χ0n) is 27.6. The van der Waals surface area contributed by atoms with Crippen molar-refractivity contribution in [2.45, 2.75) is 116 Å². The van der Waals surface area contributed by atoms with Gasteiger partial charge in [-0.05, 0) is 19.8 Å². The molecule has 272 valence electrons.